The third kappa shape index (κ3) is 7.95. The number of allylic oxidation sites excluding steroid dienone is 12. The normalized spacial score (nSPS) is 26.7. The molecule has 0 bridgehead atoms. The summed E-state index contributed by atoms with van der Waals surface area (Å²) in [5.41, 5.74) is 4.54. The van der Waals surface area contributed by atoms with Crippen LogP contribution in [0.15, 0.2) is 97.5 Å². The van der Waals surface area contributed by atoms with Gasteiger partial charge in [0.25, 0.3) is 0 Å². The molecule has 0 fully saturated rings. The minimum atomic E-state index is -3.06. The van der Waals surface area contributed by atoms with Gasteiger partial charge in [-0.25, -0.2) is 0 Å². The van der Waals surface area contributed by atoms with Gasteiger partial charge in [0.05, 0.1) is 0 Å². The second-order valence-electron chi connectivity index (χ2n) is 12.1. The second-order valence-corrected chi connectivity index (χ2v) is 31.1. The molecule has 0 amide bonds. The summed E-state index contributed by atoms with van der Waals surface area (Å²) in [5.74, 6) is 0. The number of hydrogen-bond donors (Lipinski definition) is 0. The maximum Gasteiger partial charge on any atom is 0.335 e. The molecule has 0 aromatic rings. The topological polar surface area (TPSA) is 36.9 Å². The molecule has 9 heteroatoms. The Morgan fingerprint density at radius 1 is 0.553 bits per heavy atom. The first-order chi connectivity index (χ1) is 17.8. The van der Waals surface area contributed by atoms with E-state index in [4.69, 9.17) is 16.5 Å². The molecule has 0 aromatic carbocycles. The van der Waals surface area contributed by atoms with Crippen LogP contribution in [0.1, 0.15) is 19.3 Å². The average Bonchev–Trinajstić information content (AvgIpc) is 2.89. The van der Waals surface area contributed by atoms with Crippen molar-refractivity contribution in [2.75, 3.05) is 0 Å². The molecule has 208 valence electrons. The molecule has 0 spiro atoms. The Morgan fingerprint density at radius 3 is 1.37 bits per heavy atom. The summed E-state index contributed by atoms with van der Waals surface area (Å²) in [7, 11) is -12.8. The van der Waals surface area contributed by atoms with Gasteiger partial charge in [-0.1, -0.05) is 84.3 Å². The van der Waals surface area contributed by atoms with Crippen LogP contribution >= 0.6 is 0 Å². The van der Waals surface area contributed by atoms with E-state index in [1.165, 1.54) is 0 Å². The van der Waals surface area contributed by atoms with Crippen LogP contribution in [0.5, 0.6) is 0 Å². The van der Waals surface area contributed by atoms with Gasteiger partial charge in [-0.05, 0) is 65.1 Å². The summed E-state index contributed by atoms with van der Waals surface area (Å²) >= 11 is 0. The molecular weight excluding hydrogens is 553 g/mol. The Balaban J connectivity index is 2.18. The fourth-order valence-corrected chi connectivity index (χ4v) is 29.5. The van der Waals surface area contributed by atoms with Crippen molar-refractivity contribution in [2.24, 2.45) is 0 Å². The molecule has 0 saturated heterocycles. The van der Waals surface area contributed by atoms with Crippen LogP contribution in [0, 0.1) is 0 Å². The van der Waals surface area contributed by atoms with Crippen LogP contribution in [0.4, 0.5) is 0 Å². The van der Waals surface area contributed by atoms with E-state index in [1.54, 1.807) is 0 Å². The van der Waals surface area contributed by atoms with Crippen molar-refractivity contribution in [1.82, 2.24) is 0 Å². The molecule has 0 aromatic heterocycles. The van der Waals surface area contributed by atoms with Gasteiger partial charge in [-0.2, -0.15) is 0 Å². The average molecular weight is 601 g/mol. The van der Waals surface area contributed by atoms with Crippen LogP contribution < -0.4 is 0 Å². The summed E-state index contributed by atoms with van der Waals surface area (Å²) in [6.45, 7) is 23.7. The largest absolute Gasteiger partial charge is 0.433 e. The summed E-state index contributed by atoms with van der Waals surface area (Å²) in [6.07, 6.45) is 29.2. The van der Waals surface area contributed by atoms with E-state index in [2.05, 4.69) is 132 Å². The van der Waals surface area contributed by atoms with E-state index in [-0.39, 0.29) is 16.6 Å². The van der Waals surface area contributed by atoms with Crippen LogP contribution in [0.2, 0.25) is 62.5 Å². The Labute approximate surface area is 237 Å². The first-order valence-electron chi connectivity index (χ1n) is 13.8. The predicted octanol–water partition coefficient (Wildman–Crippen LogP) is 8.79. The van der Waals surface area contributed by atoms with Gasteiger partial charge in [-0.3, -0.25) is 0 Å². The minimum absolute atomic E-state index is 0.157. The Hall–Kier alpha value is -1.16. The highest BCUT2D eigenvalue weighted by atomic mass is 28.5. The van der Waals surface area contributed by atoms with Crippen LogP contribution in [-0.2, 0) is 16.5 Å². The van der Waals surface area contributed by atoms with Gasteiger partial charge < -0.3 is 16.5 Å². The number of rotatable bonds is 13. The van der Waals surface area contributed by atoms with Crippen LogP contribution in [0.25, 0.3) is 0 Å². The second kappa shape index (κ2) is 12.6. The van der Waals surface area contributed by atoms with Gasteiger partial charge in [0.2, 0.25) is 0 Å². The lowest BCUT2D eigenvalue weighted by atomic mass is 10.2. The zero-order valence-electron chi connectivity index (χ0n) is 24.5. The van der Waals surface area contributed by atoms with E-state index in [0.29, 0.717) is 0 Å². The molecule has 4 unspecified atom stereocenters. The molecular formula is C29H48O4Si5. The third-order valence-electron chi connectivity index (χ3n) is 7.37. The monoisotopic (exact) mass is 600 g/mol. The molecule has 3 aliphatic rings. The number of hydrogen-bond acceptors (Lipinski definition) is 4. The molecule has 3 aliphatic carbocycles. The summed E-state index contributed by atoms with van der Waals surface area (Å²) < 4.78 is 29.3. The van der Waals surface area contributed by atoms with Crippen LogP contribution in [-0.4, -0.2) is 42.3 Å². The summed E-state index contributed by atoms with van der Waals surface area (Å²) in [5, 5.41) is 0. The molecule has 4 atom stereocenters. The van der Waals surface area contributed by atoms with E-state index >= 15 is 0 Å². The molecule has 38 heavy (non-hydrogen) atoms. The van der Waals surface area contributed by atoms with Crippen molar-refractivity contribution in [3.05, 3.63) is 97.5 Å². The molecule has 3 rings (SSSR count). The van der Waals surface area contributed by atoms with E-state index in [0.717, 1.165) is 19.3 Å². The maximum atomic E-state index is 7.78. The molecule has 0 heterocycles. The highest BCUT2D eigenvalue weighted by Crippen LogP contribution is 2.49. The Kier molecular flexibility index (Phi) is 10.4. The highest BCUT2D eigenvalue weighted by Gasteiger charge is 2.60. The van der Waals surface area contributed by atoms with Crippen molar-refractivity contribution in [3.63, 3.8) is 0 Å². The molecule has 0 N–H and O–H groups in total. The van der Waals surface area contributed by atoms with Crippen molar-refractivity contribution in [3.8, 4) is 0 Å². The minimum Gasteiger partial charge on any atom is -0.433 e. The maximum absolute atomic E-state index is 7.78. The zero-order valence-corrected chi connectivity index (χ0v) is 29.5. The molecule has 0 aliphatic heterocycles. The van der Waals surface area contributed by atoms with Gasteiger partial charge in [-0.15, -0.1) is 13.2 Å². The SMILES string of the molecule is C=C[Si](C)(C)O[Si](C)(C)O[Si](O[Si](C)(O[Si](C)(C)C=C)C1C=CC=CC1)(C1C=CC=CC1)C1C=CC=CC1. The quantitative estimate of drug-likeness (QED) is 0.198. The lowest BCUT2D eigenvalue weighted by molar-refractivity contribution is 0.265. The highest BCUT2D eigenvalue weighted by molar-refractivity contribution is 6.94. The Bertz CT molecular complexity index is 1010. The van der Waals surface area contributed by atoms with Gasteiger partial charge >= 0.3 is 25.7 Å². The molecule has 0 radical (unpaired) electrons. The first kappa shape index (κ1) is 31.4. The van der Waals surface area contributed by atoms with Gasteiger partial charge in [0.15, 0.2) is 16.6 Å². The fourth-order valence-electron chi connectivity index (χ4n) is 5.46. The molecule has 4 nitrogen and oxygen atoms in total. The van der Waals surface area contributed by atoms with Gasteiger partial charge in [0.1, 0.15) is 0 Å². The molecule has 0 saturated carbocycles. The van der Waals surface area contributed by atoms with E-state index in [9.17, 15) is 0 Å². The van der Waals surface area contributed by atoms with Crippen molar-refractivity contribution >= 4 is 42.3 Å². The first-order valence-corrected chi connectivity index (χ1v) is 27.0. The smallest absolute Gasteiger partial charge is 0.335 e. The van der Waals surface area contributed by atoms with Crippen molar-refractivity contribution in [2.45, 2.75) is 81.7 Å². The Morgan fingerprint density at radius 2 is 0.974 bits per heavy atom. The predicted molar refractivity (Wildman–Crippen MR) is 174 cm³/mol. The lowest BCUT2D eigenvalue weighted by Crippen LogP contribution is -2.66. The van der Waals surface area contributed by atoms with Crippen molar-refractivity contribution in [1.29, 1.82) is 0 Å². The fraction of sp³-hybridized carbons (Fsp3) is 0.448. The van der Waals surface area contributed by atoms with Crippen LogP contribution in [0.3, 0.4) is 0 Å². The summed E-state index contributed by atoms with van der Waals surface area (Å²) in [6, 6.07) is 0. The zero-order chi connectivity index (χ0) is 28.1. The van der Waals surface area contributed by atoms with Gasteiger partial charge in [0, 0.05) is 16.6 Å². The van der Waals surface area contributed by atoms with E-state index in [1.807, 2.05) is 11.4 Å². The van der Waals surface area contributed by atoms with E-state index < -0.39 is 42.3 Å². The standard InChI is InChI=1S/C29H48O4Si5/c1-10-34(3,4)30-36(7,8)32-38(28-23-17-13-18-24-28,29-25-19-14-20-26-29)33-37(9,31-35(5,6)11-2)27-21-15-12-16-22-27/h10-21,23,25,27-29H,1-2,22,24,26H2,3-9H3. The lowest BCUT2D eigenvalue weighted by Gasteiger charge is -2.52. The summed E-state index contributed by atoms with van der Waals surface area (Å²) in [4.78, 5) is 0. The third-order valence-corrected chi connectivity index (χ3v) is 28.0. The van der Waals surface area contributed by atoms with Crippen molar-refractivity contribution < 1.29 is 16.5 Å².